The number of anilines is 1. The van der Waals surface area contributed by atoms with E-state index in [0.29, 0.717) is 29.4 Å². The third-order valence-corrected chi connectivity index (χ3v) is 6.42. The molecule has 2 aromatic carbocycles. The molecule has 0 saturated carbocycles. The summed E-state index contributed by atoms with van der Waals surface area (Å²) in [6, 6.07) is 17.5. The fourth-order valence-electron chi connectivity index (χ4n) is 3.58. The van der Waals surface area contributed by atoms with Crippen molar-refractivity contribution in [2.24, 2.45) is 0 Å². The van der Waals surface area contributed by atoms with Gasteiger partial charge < -0.3 is 14.5 Å². The molecule has 1 aromatic heterocycles. The first kappa shape index (κ1) is 26.0. The van der Waals surface area contributed by atoms with Gasteiger partial charge in [0, 0.05) is 17.3 Å². The van der Waals surface area contributed by atoms with Crippen LogP contribution in [0.1, 0.15) is 41.4 Å². The fraction of sp³-hybridized carbons (Fsp3) is 0.214. The van der Waals surface area contributed by atoms with Crippen molar-refractivity contribution in [3.8, 4) is 11.3 Å². The maximum atomic E-state index is 12.8. The smallest absolute Gasteiger partial charge is 0.338 e. The Hall–Kier alpha value is -4.11. The number of nitrogens with one attached hydrogen (secondary N) is 1. The number of amides is 3. The Morgan fingerprint density at radius 2 is 1.86 bits per heavy atom. The van der Waals surface area contributed by atoms with Crippen molar-refractivity contribution in [2.75, 3.05) is 18.5 Å². The molecule has 0 atom stereocenters. The van der Waals surface area contributed by atoms with Gasteiger partial charge in [0.2, 0.25) is 5.91 Å². The summed E-state index contributed by atoms with van der Waals surface area (Å²) in [7, 11) is 0. The summed E-state index contributed by atoms with van der Waals surface area (Å²) >= 11 is 0.753. The van der Waals surface area contributed by atoms with Crippen molar-refractivity contribution in [1.82, 2.24) is 4.90 Å². The van der Waals surface area contributed by atoms with Crippen LogP contribution in [-0.4, -0.2) is 41.1 Å². The maximum absolute atomic E-state index is 12.8. The Balaban J connectivity index is 1.39. The van der Waals surface area contributed by atoms with Crippen LogP contribution in [0.4, 0.5) is 10.5 Å². The number of thioether (sulfide) groups is 1. The number of hydrogen-bond donors (Lipinski definition) is 1. The quantitative estimate of drug-likeness (QED) is 0.214. The molecule has 1 aliphatic heterocycles. The molecule has 0 bridgehead atoms. The number of furan rings is 1. The molecule has 2 heterocycles. The lowest BCUT2D eigenvalue weighted by Crippen LogP contribution is -2.36. The number of hydrogen-bond acceptors (Lipinski definition) is 7. The van der Waals surface area contributed by atoms with Crippen LogP contribution in [0.25, 0.3) is 17.4 Å². The number of carbonyl (C=O) groups is 4. The number of nitrogens with zero attached hydrogens (tertiary/aromatic N) is 1. The Labute approximate surface area is 218 Å². The first-order chi connectivity index (χ1) is 17.8. The minimum atomic E-state index is -0.557. The number of rotatable bonds is 9. The highest BCUT2D eigenvalue weighted by Gasteiger charge is 2.36. The summed E-state index contributed by atoms with van der Waals surface area (Å²) in [5.74, 6) is -0.476. The van der Waals surface area contributed by atoms with E-state index < -0.39 is 17.1 Å². The predicted molar refractivity (Wildman–Crippen MR) is 142 cm³/mol. The van der Waals surface area contributed by atoms with Gasteiger partial charge in [-0.15, -0.1) is 0 Å². The van der Waals surface area contributed by atoms with Crippen LogP contribution in [0.2, 0.25) is 0 Å². The molecule has 1 aliphatic rings. The molecule has 4 rings (SSSR count). The van der Waals surface area contributed by atoms with Gasteiger partial charge in [-0.1, -0.05) is 37.6 Å². The summed E-state index contributed by atoms with van der Waals surface area (Å²) in [5.41, 5.74) is 2.76. The van der Waals surface area contributed by atoms with E-state index in [9.17, 15) is 19.2 Å². The van der Waals surface area contributed by atoms with E-state index in [-0.39, 0.29) is 17.4 Å². The molecule has 3 amide bonds. The lowest BCUT2D eigenvalue weighted by molar-refractivity contribution is -0.127. The van der Waals surface area contributed by atoms with Gasteiger partial charge in [0.1, 0.15) is 18.1 Å². The molecule has 0 unspecified atom stereocenters. The Kier molecular flexibility index (Phi) is 8.25. The van der Waals surface area contributed by atoms with Gasteiger partial charge >= 0.3 is 5.97 Å². The molecule has 190 valence electrons. The third-order valence-electron chi connectivity index (χ3n) is 5.51. The number of carbonyl (C=O) groups excluding carboxylic acids is 4. The lowest BCUT2D eigenvalue weighted by Gasteiger charge is -2.12. The highest BCUT2D eigenvalue weighted by molar-refractivity contribution is 8.18. The molecular formula is C28H26N2O6S. The van der Waals surface area contributed by atoms with Crippen LogP contribution in [0.15, 0.2) is 70.0 Å². The Morgan fingerprint density at radius 3 is 2.59 bits per heavy atom. The zero-order valence-electron chi connectivity index (χ0n) is 20.5. The maximum Gasteiger partial charge on any atom is 0.338 e. The minimum absolute atomic E-state index is 0.166. The SMILES string of the molecule is CCCCOC(=O)c1ccc(-c2ccc(/C=C3/SC(=O)N(CC(=O)Nc4cccc(C)c4)C3=O)o2)cc1. The van der Waals surface area contributed by atoms with Gasteiger partial charge in [0.25, 0.3) is 11.1 Å². The van der Waals surface area contributed by atoms with E-state index in [0.717, 1.165) is 40.6 Å². The average Bonchev–Trinajstić information content (AvgIpc) is 3.44. The summed E-state index contributed by atoms with van der Waals surface area (Å²) in [6.45, 7) is 3.93. The van der Waals surface area contributed by atoms with Crippen molar-refractivity contribution >= 4 is 46.5 Å². The average molecular weight is 519 g/mol. The summed E-state index contributed by atoms with van der Waals surface area (Å²) in [5, 5.41) is 2.17. The topological polar surface area (TPSA) is 106 Å². The molecule has 0 aliphatic carbocycles. The van der Waals surface area contributed by atoms with Crippen molar-refractivity contribution in [2.45, 2.75) is 26.7 Å². The van der Waals surface area contributed by atoms with E-state index in [1.807, 2.05) is 26.0 Å². The second kappa shape index (κ2) is 11.7. The molecule has 3 aromatic rings. The molecule has 0 spiro atoms. The van der Waals surface area contributed by atoms with Crippen LogP contribution in [-0.2, 0) is 14.3 Å². The molecule has 37 heavy (non-hydrogen) atoms. The van der Waals surface area contributed by atoms with Crippen molar-refractivity contribution in [3.05, 3.63) is 82.5 Å². The van der Waals surface area contributed by atoms with E-state index in [1.54, 1.807) is 48.5 Å². The first-order valence-electron chi connectivity index (χ1n) is 11.8. The van der Waals surface area contributed by atoms with E-state index in [4.69, 9.17) is 9.15 Å². The van der Waals surface area contributed by atoms with Gasteiger partial charge in [0.15, 0.2) is 0 Å². The zero-order chi connectivity index (χ0) is 26.4. The second-order valence-electron chi connectivity index (χ2n) is 8.45. The van der Waals surface area contributed by atoms with Crippen molar-refractivity contribution in [1.29, 1.82) is 0 Å². The largest absolute Gasteiger partial charge is 0.462 e. The highest BCUT2D eigenvalue weighted by atomic mass is 32.2. The van der Waals surface area contributed by atoms with E-state index in [1.165, 1.54) is 6.08 Å². The number of esters is 1. The monoisotopic (exact) mass is 518 g/mol. The summed E-state index contributed by atoms with van der Waals surface area (Å²) < 4.78 is 11.1. The predicted octanol–water partition coefficient (Wildman–Crippen LogP) is 5.89. The van der Waals surface area contributed by atoms with Crippen LogP contribution in [0.3, 0.4) is 0 Å². The van der Waals surface area contributed by atoms with Gasteiger partial charge in [-0.2, -0.15) is 0 Å². The number of unbranched alkanes of at least 4 members (excludes halogenated alkanes) is 1. The van der Waals surface area contributed by atoms with E-state index in [2.05, 4.69) is 5.32 Å². The minimum Gasteiger partial charge on any atom is -0.462 e. The molecule has 0 radical (unpaired) electrons. The van der Waals surface area contributed by atoms with Crippen LogP contribution in [0.5, 0.6) is 0 Å². The van der Waals surface area contributed by atoms with Gasteiger partial charge in [-0.05, 0) is 67.1 Å². The molecule has 1 fully saturated rings. The number of imide groups is 1. The Morgan fingerprint density at radius 1 is 1.08 bits per heavy atom. The number of ether oxygens (including phenoxy) is 1. The van der Waals surface area contributed by atoms with Crippen LogP contribution >= 0.6 is 11.8 Å². The van der Waals surface area contributed by atoms with Crippen molar-refractivity contribution in [3.63, 3.8) is 0 Å². The molecular weight excluding hydrogens is 492 g/mol. The standard InChI is InChI=1S/C28H26N2O6S/c1-3-4-14-35-27(33)20-10-8-19(9-11-20)23-13-12-22(36-23)16-24-26(32)30(28(34)37-24)17-25(31)29-21-7-5-6-18(2)15-21/h5-13,15-16H,3-4,14,17H2,1-2H3,(H,29,31)/b24-16+. The normalized spacial score (nSPS) is 14.3. The summed E-state index contributed by atoms with van der Waals surface area (Å²) in [6.07, 6.45) is 3.24. The number of benzene rings is 2. The number of aryl methyl sites for hydroxylation is 1. The van der Waals surface area contributed by atoms with Gasteiger partial charge in [-0.25, -0.2) is 4.79 Å². The van der Waals surface area contributed by atoms with Crippen molar-refractivity contribution < 1.29 is 28.3 Å². The first-order valence-corrected chi connectivity index (χ1v) is 12.6. The molecule has 1 saturated heterocycles. The lowest BCUT2D eigenvalue weighted by atomic mass is 10.1. The zero-order valence-corrected chi connectivity index (χ0v) is 21.3. The summed E-state index contributed by atoms with van der Waals surface area (Å²) in [4.78, 5) is 50.7. The van der Waals surface area contributed by atoms with Crippen LogP contribution in [0, 0.1) is 6.92 Å². The molecule has 8 nitrogen and oxygen atoms in total. The second-order valence-corrected chi connectivity index (χ2v) is 9.45. The fourth-order valence-corrected chi connectivity index (χ4v) is 4.40. The third kappa shape index (κ3) is 6.56. The van der Waals surface area contributed by atoms with Gasteiger partial charge in [-0.3, -0.25) is 19.3 Å². The molecule has 9 heteroatoms. The highest BCUT2D eigenvalue weighted by Crippen LogP contribution is 2.33. The van der Waals surface area contributed by atoms with E-state index >= 15 is 0 Å². The van der Waals surface area contributed by atoms with Gasteiger partial charge in [0.05, 0.1) is 17.1 Å². The van der Waals surface area contributed by atoms with Crippen LogP contribution < -0.4 is 5.32 Å². The Bertz CT molecular complexity index is 1360. The molecule has 1 N–H and O–H groups in total.